The van der Waals surface area contributed by atoms with Crippen molar-refractivity contribution in [2.75, 3.05) is 11.6 Å². The van der Waals surface area contributed by atoms with Crippen molar-refractivity contribution in [3.63, 3.8) is 0 Å². The van der Waals surface area contributed by atoms with Crippen molar-refractivity contribution >= 4 is 39.0 Å². The average molecular weight is 286 g/mol. The summed E-state index contributed by atoms with van der Waals surface area (Å²) in [5.74, 6) is 0. The van der Waals surface area contributed by atoms with Crippen LogP contribution in [0.5, 0.6) is 0 Å². The highest BCUT2D eigenvalue weighted by atomic mass is 32.2. The fourth-order valence-corrected chi connectivity index (χ4v) is 3.27. The normalized spacial score (nSPS) is 10.8. The molecule has 0 atom stereocenters. The van der Waals surface area contributed by atoms with Gasteiger partial charge >= 0.3 is 0 Å². The fraction of sp³-hybridized carbons (Fsp3) is 0.133. The summed E-state index contributed by atoms with van der Waals surface area (Å²) in [6.07, 6.45) is 2.09. The van der Waals surface area contributed by atoms with Gasteiger partial charge in [-0.2, -0.15) is 0 Å². The van der Waals surface area contributed by atoms with Crippen molar-refractivity contribution in [2.24, 2.45) is 0 Å². The van der Waals surface area contributed by atoms with Crippen LogP contribution in [-0.4, -0.2) is 11.2 Å². The van der Waals surface area contributed by atoms with Crippen molar-refractivity contribution in [3.8, 4) is 0 Å². The molecule has 1 heterocycles. The molecule has 1 N–H and O–H groups in total. The molecule has 0 fully saturated rings. The molecule has 0 saturated heterocycles. The number of aromatic nitrogens is 1. The third-order valence-electron chi connectivity index (χ3n) is 2.85. The van der Waals surface area contributed by atoms with E-state index in [2.05, 4.69) is 59.0 Å². The van der Waals surface area contributed by atoms with Gasteiger partial charge < -0.3 is 5.32 Å². The molecule has 0 aliphatic heterocycles. The first-order valence-corrected chi connectivity index (χ1v) is 8.11. The molecule has 1 aromatic heterocycles. The van der Waals surface area contributed by atoms with Crippen molar-refractivity contribution in [3.05, 3.63) is 53.5 Å². The number of fused-ring (bicyclic) bond motifs is 1. The average Bonchev–Trinajstić information content (AvgIpc) is 2.88. The van der Waals surface area contributed by atoms with Gasteiger partial charge in [-0.1, -0.05) is 18.2 Å². The number of thiazole rings is 1. The molecule has 0 unspecified atom stereocenters. The van der Waals surface area contributed by atoms with Crippen LogP contribution in [0, 0.1) is 0 Å². The molecule has 0 radical (unpaired) electrons. The Hall–Kier alpha value is -1.52. The molecule has 3 rings (SSSR count). The van der Waals surface area contributed by atoms with Gasteiger partial charge in [0.25, 0.3) is 0 Å². The molecule has 19 heavy (non-hydrogen) atoms. The molecular weight excluding hydrogens is 272 g/mol. The maximum atomic E-state index is 4.62. The van der Waals surface area contributed by atoms with Crippen LogP contribution in [0.15, 0.2) is 53.4 Å². The lowest BCUT2D eigenvalue weighted by Gasteiger charge is -2.05. The minimum absolute atomic E-state index is 0.775. The van der Waals surface area contributed by atoms with E-state index < -0.39 is 0 Å². The summed E-state index contributed by atoms with van der Waals surface area (Å²) in [6, 6.07) is 16.7. The molecule has 96 valence electrons. The molecular formula is C15H14N2S2. The van der Waals surface area contributed by atoms with Crippen LogP contribution >= 0.6 is 23.1 Å². The second-order valence-corrected chi connectivity index (χ2v) is 6.16. The molecule has 0 aliphatic rings. The summed E-state index contributed by atoms with van der Waals surface area (Å²) in [7, 11) is 0. The quantitative estimate of drug-likeness (QED) is 0.708. The van der Waals surface area contributed by atoms with Crippen molar-refractivity contribution in [1.29, 1.82) is 0 Å². The maximum Gasteiger partial charge on any atom is 0.113 e. The van der Waals surface area contributed by atoms with Crippen LogP contribution in [0.3, 0.4) is 0 Å². The number of hydrogen-bond acceptors (Lipinski definition) is 4. The number of nitrogens with zero attached hydrogens (tertiary/aromatic N) is 1. The van der Waals surface area contributed by atoms with Crippen LogP contribution in [0.4, 0.5) is 5.69 Å². The molecule has 0 saturated carbocycles. The number of hydrogen-bond donors (Lipinski definition) is 1. The van der Waals surface area contributed by atoms with Crippen LogP contribution in [0.2, 0.25) is 0 Å². The molecule has 0 aliphatic carbocycles. The van der Waals surface area contributed by atoms with Gasteiger partial charge in [-0.05, 0) is 36.6 Å². The Morgan fingerprint density at radius 2 is 2.05 bits per heavy atom. The standard InChI is InChI=1S/C15H14N2S2/c1-18-12-6-4-5-11(9-12)16-10-15-17-13-7-2-3-8-14(13)19-15/h2-9,16H,10H2,1H3. The first-order chi connectivity index (χ1) is 9.35. The second-order valence-electron chi connectivity index (χ2n) is 4.16. The lowest BCUT2D eigenvalue weighted by molar-refractivity contribution is 1.11. The summed E-state index contributed by atoms with van der Waals surface area (Å²) in [6.45, 7) is 0.775. The summed E-state index contributed by atoms with van der Waals surface area (Å²) in [5.41, 5.74) is 2.23. The van der Waals surface area contributed by atoms with E-state index in [4.69, 9.17) is 0 Å². The Bertz CT molecular complexity index is 658. The van der Waals surface area contributed by atoms with Crippen molar-refractivity contribution < 1.29 is 0 Å². The lowest BCUT2D eigenvalue weighted by atomic mass is 10.3. The Labute approximate surface area is 120 Å². The van der Waals surface area contributed by atoms with Gasteiger partial charge in [0.15, 0.2) is 0 Å². The highest BCUT2D eigenvalue weighted by Gasteiger charge is 2.02. The van der Waals surface area contributed by atoms with Gasteiger partial charge in [0, 0.05) is 10.6 Å². The molecule has 0 bridgehead atoms. The fourth-order valence-electron chi connectivity index (χ4n) is 1.91. The SMILES string of the molecule is CSc1cccc(NCc2nc3ccccc3s2)c1. The number of nitrogens with one attached hydrogen (secondary N) is 1. The van der Waals surface area contributed by atoms with Crippen LogP contribution in [-0.2, 0) is 6.54 Å². The topological polar surface area (TPSA) is 24.9 Å². The number of anilines is 1. The molecule has 2 nitrogen and oxygen atoms in total. The Kier molecular flexibility index (Phi) is 3.71. The molecule has 4 heteroatoms. The first-order valence-electron chi connectivity index (χ1n) is 6.07. The third-order valence-corrected chi connectivity index (χ3v) is 4.61. The Balaban J connectivity index is 1.74. The Morgan fingerprint density at radius 3 is 2.89 bits per heavy atom. The largest absolute Gasteiger partial charge is 0.378 e. The minimum Gasteiger partial charge on any atom is -0.378 e. The zero-order valence-corrected chi connectivity index (χ0v) is 12.2. The highest BCUT2D eigenvalue weighted by molar-refractivity contribution is 7.98. The number of rotatable bonds is 4. The van der Waals surface area contributed by atoms with Crippen molar-refractivity contribution in [2.45, 2.75) is 11.4 Å². The number of para-hydroxylation sites is 1. The van der Waals surface area contributed by atoms with Gasteiger partial charge in [0.2, 0.25) is 0 Å². The van der Waals surface area contributed by atoms with E-state index >= 15 is 0 Å². The highest BCUT2D eigenvalue weighted by Crippen LogP contribution is 2.23. The van der Waals surface area contributed by atoms with Gasteiger partial charge in [0.05, 0.1) is 16.8 Å². The lowest BCUT2D eigenvalue weighted by Crippen LogP contribution is -1.98. The van der Waals surface area contributed by atoms with E-state index in [1.165, 1.54) is 9.60 Å². The predicted molar refractivity (Wildman–Crippen MR) is 85.2 cm³/mol. The van der Waals surface area contributed by atoms with Gasteiger partial charge in [0.1, 0.15) is 5.01 Å². The zero-order chi connectivity index (χ0) is 13.1. The summed E-state index contributed by atoms with van der Waals surface area (Å²) in [4.78, 5) is 5.89. The van der Waals surface area contributed by atoms with E-state index in [-0.39, 0.29) is 0 Å². The minimum atomic E-state index is 0.775. The van der Waals surface area contributed by atoms with Crippen LogP contribution < -0.4 is 5.32 Å². The molecule has 2 aromatic carbocycles. The summed E-state index contributed by atoms with van der Waals surface area (Å²) < 4.78 is 1.25. The smallest absolute Gasteiger partial charge is 0.113 e. The van der Waals surface area contributed by atoms with Crippen LogP contribution in [0.25, 0.3) is 10.2 Å². The molecule has 0 spiro atoms. The van der Waals surface area contributed by atoms with E-state index in [0.717, 1.165) is 22.8 Å². The summed E-state index contributed by atoms with van der Waals surface area (Å²) in [5, 5.41) is 4.55. The van der Waals surface area contributed by atoms with Crippen molar-refractivity contribution in [1.82, 2.24) is 4.98 Å². The second kappa shape index (κ2) is 5.63. The van der Waals surface area contributed by atoms with Gasteiger partial charge in [-0.25, -0.2) is 4.98 Å². The maximum absolute atomic E-state index is 4.62. The van der Waals surface area contributed by atoms with E-state index in [1.807, 2.05) is 6.07 Å². The van der Waals surface area contributed by atoms with Gasteiger partial charge in [-0.15, -0.1) is 23.1 Å². The monoisotopic (exact) mass is 286 g/mol. The number of benzene rings is 2. The zero-order valence-electron chi connectivity index (χ0n) is 10.6. The van der Waals surface area contributed by atoms with Crippen LogP contribution in [0.1, 0.15) is 5.01 Å². The Morgan fingerprint density at radius 1 is 1.16 bits per heavy atom. The van der Waals surface area contributed by atoms with E-state index in [0.29, 0.717) is 0 Å². The van der Waals surface area contributed by atoms with E-state index in [1.54, 1.807) is 23.1 Å². The molecule has 0 amide bonds. The van der Waals surface area contributed by atoms with E-state index in [9.17, 15) is 0 Å². The van der Waals surface area contributed by atoms with Gasteiger partial charge in [-0.3, -0.25) is 0 Å². The summed E-state index contributed by atoms with van der Waals surface area (Å²) >= 11 is 3.50. The number of thioether (sulfide) groups is 1. The predicted octanol–water partition coefficient (Wildman–Crippen LogP) is 4.63. The molecule has 3 aromatic rings. The first kappa shape index (κ1) is 12.5. The third kappa shape index (κ3) is 2.91.